The van der Waals surface area contributed by atoms with E-state index in [-0.39, 0.29) is 11.6 Å². The van der Waals surface area contributed by atoms with Crippen LogP contribution in [0.25, 0.3) is 0 Å². The molecule has 0 atom stereocenters. The molecule has 1 aliphatic carbocycles. The molecule has 0 unspecified atom stereocenters. The molecule has 36 heavy (non-hydrogen) atoms. The SMILES string of the molecule is CC(C)(Oc1ccc(CCCC2=NN(c3cccc(C(F)(F)F)c3)C(=O)C23CCCC3)cc1)C(=O)O. The summed E-state index contributed by atoms with van der Waals surface area (Å²) in [5.74, 6) is -0.839. The summed E-state index contributed by atoms with van der Waals surface area (Å²) in [4.78, 5) is 24.7. The van der Waals surface area contributed by atoms with E-state index in [0.717, 1.165) is 41.3 Å². The number of carbonyl (C=O) groups is 2. The number of ether oxygens (including phenoxy) is 1. The number of carbonyl (C=O) groups excluding carboxylic acids is 1. The summed E-state index contributed by atoms with van der Waals surface area (Å²) in [6.45, 7) is 2.96. The molecule has 1 fully saturated rings. The lowest BCUT2D eigenvalue weighted by Gasteiger charge is -2.24. The maximum atomic E-state index is 13.4. The van der Waals surface area contributed by atoms with Crippen molar-refractivity contribution in [1.29, 1.82) is 0 Å². The Morgan fingerprint density at radius 3 is 2.36 bits per heavy atom. The van der Waals surface area contributed by atoms with Crippen molar-refractivity contribution in [1.82, 2.24) is 0 Å². The molecule has 0 radical (unpaired) electrons. The van der Waals surface area contributed by atoms with Crippen molar-refractivity contribution < 1.29 is 32.6 Å². The van der Waals surface area contributed by atoms with E-state index in [1.807, 2.05) is 12.1 Å². The Bertz CT molecular complexity index is 1170. The smallest absolute Gasteiger partial charge is 0.416 e. The molecule has 0 aromatic heterocycles. The van der Waals surface area contributed by atoms with Gasteiger partial charge in [-0.15, -0.1) is 0 Å². The molecule has 6 nitrogen and oxygen atoms in total. The molecular weight excluding hydrogens is 473 g/mol. The van der Waals surface area contributed by atoms with Crippen molar-refractivity contribution in [3.63, 3.8) is 0 Å². The molecule has 192 valence electrons. The van der Waals surface area contributed by atoms with Crippen molar-refractivity contribution in [2.45, 2.75) is 70.6 Å². The van der Waals surface area contributed by atoms with E-state index in [9.17, 15) is 27.9 Å². The summed E-state index contributed by atoms with van der Waals surface area (Å²) in [5.41, 5.74) is -0.974. The number of carboxylic acids is 1. The van der Waals surface area contributed by atoms with Crippen LogP contribution in [-0.2, 0) is 22.2 Å². The van der Waals surface area contributed by atoms with Crippen LogP contribution < -0.4 is 9.75 Å². The number of anilines is 1. The summed E-state index contributed by atoms with van der Waals surface area (Å²) >= 11 is 0. The van der Waals surface area contributed by atoms with Crippen LogP contribution >= 0.6 is 0 Å². The van der Waals surface area contributed by atoms with Gasteiger partial charge in [-0.2, -0.15) is 23.3 Å². The average Bonchev–Trinajstić information content (AvgIpc) is 3.41. The molecular formula is C27H29F3N2O4. The second-order valence-corrected chi connectivity index (χ2v) is 9.92. The van der Waals surface area contributed by atoms with E-state index in [4.69, 9.17) is 4.74 Å². The standard InChI is InChI=1S/C27H29F3N2O4/c1-25(2,24(34)35)36-21-13-11-18(12-14-21)7-5-10-22-26(15-3-4-16-26)23(33)32(31-22)20-9-6-8-19(17-20)27(28,29)30/h6,8-9,11-14,17H,3-5,7,10,15-16H2,1-2H3,(H,34,35). The molecule has 9 heteroatoms. The highest BCUT2D eigenvalue weighted by Gasteiger charge is 2.52. The number of rotatable bonds is 8. The number of nitrogens with zero attached hydrogens (tertiary/aromatic N) is 2. The van der Waals surface area contributed by atoms with Crippen molar-refractivity contribution >= 4 is 23.3 Å². The van der Waals surface area contributed by atoms with Crippen molar-refractivity contribution in [3.05, 3.63) is 59.7 Å². The van der Waals surface area contributed by atoms with E-state index in [2.05, 4.69) is 5.10 Å². The van der Waals surface area contributed by atoms with E-state index in [1.54, 1.807) is 12.1 Å². The van der Waals surface area contributed by atoms with Crippen LogP contribution in [0.2, 0.25) is 0 Å². The van der Waals surface area contributed by atoms with Gasteiger partial charge < -0.3 is 9.84 Å². The molecule has 1 saturated carbocycles. The summed E-state index contributed by atoms with van der Waals surface area (Å²) < 4.78 is 45.2. The largest absolute Gasteiger partial charge is 0.478 e. The van der Waals surface area contributed by atoms with Gasteiger partial charge in [-0.3, -0.25) is 4.79 Å². The minimum Gasteiger partial charge on any atom is -0.478 e. The van der Waals surface area contributed by atoms with E-state index in [1.165, 1.54) is 26.0 Å². The Morgan fingerprint density at radius 1 is 1.08 bits per heavy atom. The van der Waals surface area contributed by atoms with Crippen molar-refractivity contribution in [2.24, 2.45) is 10.5 Å². The fourth-order valence-corrected chi connectivity index (χ4v) is 4.87. The molecule has 1 heterocycles. The second-order valence-electron chi connectivity index (χ2n) is 9.92. The Labute approximate surface area is 207 Å². The summed E-state index contributed by atoms with van der Waals surface area (Å²) in [6.07, 6.45) is 0.564. The first kappa shape index (κ1) is 25.7. The van der Waals surface area contributed by atoms with Crippen molar-refractivity contribution in [3.8, 4) is 5.75 Å². The third-order valence-corrected chi connectivity index (χ3v) is 6.94. The summed E-state index contributed by atoms with van der Waals surface area (Å²) in [7, 11) is 0. The molecule has 1 aliphatic heterocycles. The Hall–Kier alpha value is -3.36. The van der Waals surface area contributed by atoms with Gasteiger partial charge in [0, 0.05) is 0 Å². The Morgan fingerprint density at radius 2 is 1.75 bits per heavy atom. The normalized spacial score (nSPS) is 17.5. The first-order valence-electron chi connectivity index (χ1n) is 12.0. The van der Waals surface area contributed by atoms with Gasteiger partial charge in [0.25, 0.3) is 5.91 Å². The lowest BCUT2D eigenvalue weighted by atomic mass is 9.78. The number of carboxylic acid groups (broad SMARTS) is 1. The molecule has 1 N–H and O–H groups in total. The quantitative estimate of drug-likeness (QED) is 0.464. The minimum absolute atomic E-state index is 0.135. The molecule has 2 aromatic rings. The zero-order chi connectivity index (χ0) is 26.1. The number of aliphatic carboxylic acids is 1. The van der Waals surface area contributed by atoms with E-state index >= 15 is 0 Å². The van der Waals surface area contributed by atoms with Crippen molar-refractivity contribution in [2.75, 3.05) is 5.01 Å². The lowest BCUT2D eigenvalue weighted by molar-refractivity contribution is -0.152. The topological polar surface area (TPSA) is 79.2 Å². The predicted octanol–water partition coefficient (Wildman–Crippen LogP) is 6.23. The highest BCUT2D eigenvalue weighted by atomic mass is 19.4. The van der Waals surface area contributed by atoms with Crippen LogP contribution in [0.5, 0.6) is 5.75 Å². The Balaban J connectivity index is 1.46. The monoisotopic (exact) mass is 502 g/mol. The number of halogens is 3. The molecule has 2 aliphatic rings. The number of hydrogen-bond donors (Lipinski definition) is 1. The number of hydrazone groups is 1. The Kier molecular flexibility index (Phi) is 6.86. The van der Waals surface area contributed by atoms with E-state index < -0.39 is 28.7 Å². The number of benzene rings is 2. The van der Waals surface area contributed by atoms with Gasteiger partial charge >= 0.3 is 12.1 Å². The number of amides is 1. The van der Waals surface area contributed by atoms with Gasteiger partial charge in [0.05, 0.1) is 22.4 Å². The maximum absolute atomic E-state index is 13.4. The summed E-state index contributed by atoms with van der Waals surface area (Å²) in [6, 6.07) is 11.9. The second kappa shape index (κ2) is 9.59. The van der Waals surface area contributed by atoms with E-state index in [0.29, 0.717) is 37.9 Å². The van der Waals surface area contributed by atoms with Crippen LogP contribution in [0, 0.1) is 5.41 Å². The average molecular weight is 503 g/mol. The van der Waals surface area contributed by atoms with Crippen LogP contribution in [-0.4, -0.2) is 28.3 Å². The molecule has 0 bridgehead atoms. The molecule has 1 spiro atoms. The number of aryl methyl sites for hydroxylation is 1. The molecule has 2 aromatic carbocycles. The van der Waals surface area contributed by atoms with Crippen LogP contribution in [0.3, 0.4) is 0 Å². The van der Waals surface area contributed by atoms with Crippen LogP contribution in [0.1, 0.15) is 63.5 Å². The highest BCUT2D eigenvalue weighted by molar-refractivity contribution is 6.19. The number of alkyl halides is 3. The fraction of sp³-hybridized carbons (Fsp3) is 0.444. The minimum atomic E-state index is -4.50. The van der Waals surface area contributed by atoms with Gasteiger partial charge in [0.2, 0.25) is 0 Å². The number of hydrogen-bond acceptors (Lipinski definition) is 4. The lowest BCUT2D eigenvalue weighted by Crippen LogP contribution is -2.37. The zero-order valence-corrected chi connectivity index (χ0v) is 20.3. The zero-order valence-electron chi connectivity index (χ0n) is 20.3. The predicted molar refractivity (Wildman–Crippen MR) is 129 cm³/mol. The first-order chi connectivity index (χ1) is 16.9. The maximum Gasteiger partial charge on any atom is 0.416 e. The van der Waals surface area contributed by atoms with Gasteiger partial charge in [0.15, 0.2) is 5.60 Å². The third-order valence-electron chi connectivity index (χ3n) is 6.94. The summed E-state index contributed by atoms with van der Waals surface area (Å²) in [5, 5.41) is 14.9. The first-order valence-corrected chi connectivity index (χ1v) is 12.0. The molecule has 0 saturated heterocycles. The highest BCUT2D eigenvalue weighted by Crippen LogP contribution is 2.47. The van der Waals surface area contributed by atoms with Gasteiger partial charge in [-0.25, -0.2) is 4.79 Å². The van der Waals surface area contributed by atoms with Gasteiger partial charge in [-0.1, -0.05) is 31.0 Å². The van der Waals surface area contributed by atoms with Gasteiger partial charge in [-0.05, 0) is 81.8 Å². The van der Waals surface area contributed by atoms with Crippen LogP contribution in [0.15, 0.2) is 53.6 Å². The van der Waals surface area contributed by atoms with Crippen LogP contribution in [0.4, 0.5) is 18.9 Å². The fourth-order valence-electron chi connectivity index (χ4n) is 4.87. The van der Waals surface area contributed by atoms with Gasteiger partial charge in [0.1, 0.15) is 5.75 Å². The third kappa shape index (κ3) is 5.10. The molecule has 4 rings (SSSR count). The molecule has 1 amide bonds.